The van der Waals surface area contributed by atoms with Crippen LogP contribution in [-0.4, -0.2) is 19.9 Å². The Morgan fingerprint density at radius 1 is 1.29 bits per heavy atom. The van der Waals surface area contributed by atoms with E-state index in [9.17, 15) is 13.2 Å². The lowest BCUT2D eigenvalue weighted by molar-refractivity contribution is 0.581. The van der Waals surface area contributed by atoms with Gasteiger partial charge in [0.15, 0.2) is 0 Å². The number of aromatic nitrogens is 1. The highest BCUT2D eigenvalue weighted by atomic mass is 35.5. The van der Waals surface area contributed by atoms with Crippen LogP contribution in [0.25, 0.3) is 0 Å². The maximum atomic E-state index is 12.1. The van der Waals surface area contributed by atoms with E-state index in [0.29, 0.717) is 6.42 Å². The Hall–Kier alpha value is -1.63. The zero-order valence-electron chi connectivity index (χ0n) is 11.4. The number of aryl methyl sites for hydroxylation is 1. The predicted octanol–water partition coefficient (Wildman–Crippen LogP) is 1.86. The Kier molecular flexibility index (Phi) is 4.82. The summed E-state index contributed by atoms with van der Waals surface area (Å²) in [6.07, 6.45) is 1.71. The van der Waals surface area contributed by atoms with Crippen LogP contribution in [0.4, 0.5) is 0 Å². The van der Waals surface area contributed by atoms with Gasteiger partial charge in [-0.3, -0.25) is 4.79 Å². The molecule has 21 heavy (non-hydrogen) atoms. The monoisotopic (exact) mass is 326 g/mol. The van der Waals surface area contributed by atoms with E-state index in [4.69, 9.17) is 11.6 Å². The van der Waals surface area contributed by atoms with E-state index in [1.165, 1.54) is 0 Å². The summed E-state index contributed by atoms with van der Waals surface area (Å²) in [5, 5.41) is -0.156. The fourth-order valence-corrected chi connectivity index (χ4v) is 3.13. The number of hydrogen-bond donors (Lipinski definition) is 2. The lowest BCUT2D eigenvalue weighted by Crippen LogP contribution is -2.26. The second-order valence-corrected chi connectivity index (χ2v) is 6.82. The van der Waals surface area contributed by atoms with Gasteiger partial charge in [-0.15, -0.1) is 0 Å². The highest BCUT2D eigenvalue weighted by Crippen LogP contribution is 2.10. The number of aromatic amines is 1. The molecule has 0 aliphatic carbocycles. The molecule has 0 radical (unpaired) electrons. The summed E-state index contributed by atoms with van der Waals surface area (Å²) in [5.41, 5.74) is 1.66. The van der Waals surface area contributed by atoms with Crippen LogP contribution >= 0.6 is 11.6 Å². The van der Waals surface area contributed by atoms with Crippen LogP contribution in [0.2, 0.25) is 5.02 Å². The SMILES string of the molecule is Cc1cccc(CCNS(=O)(=O)c2c[nH]c(=O)c(Cl)c2)c1. The Bertz CT molecular complexity index is 800. The van der Waals surface area contributed by atoms with Gasteiger partial charge in [-0.1, -0.05) is 41.4 Å². The zero-order chi connectivity index (χ0) is 15.5. The third-order valence-electron chi connectivity index (χ3n) is 2.93. The van der Waals surface area contributed by atoms with E-state index in [-0.39, 0.29) is 16.5 Å². The van der Waals surface area contributed by atoms with Crippen molar-refractivity contribution in [2.45, 2.75) is 18.2 Å². The number of H-pyrrole nitrogens is 1. The Balaban J connectivity index is 2.04. The van der Waals surface area contributed by atoms with Crippen LogP contribution in [0.1, 0.15) is 11.1 Å². The van der Waals surface area contributed by atoms with Crippen molar-refractivity contribution in [2.75, 3.05) is 6.54 Å². The molecule has 2 aromatic rings. The summed E-state index contributed by atoms with van der Waals surface area (Å²) in [6, 6.07) is 9.00. The van der Waals surface area contributed by atoms with Crippen molar-refractivity contribution in [3.8, 4) is 0 Å². The average molecular weight is 327 g/mol. The second kappa shape index (κ2) is 6.43. The molecule has 0 aliphatic rings. The van der Waals surface area contributed by atoms with Crippen LogP contribution in [0, 0.1) is 6.92 Å². The molecule has 0 atom stereocenters. The molecule has 0 spiro atoms. The van der Waals surface area contributed by atoms with Crippen molar-refractivity contribution in [2.24, 2.45) is 0 Å². The quantitative estimate of drug-likeness (QED) is 0.880. The molecule has 7 heteroatoms. The average Bonchev–Trinajstić information content (AvgIpc) is 2.41. The largest absolute Gasteiger partial charge is 0.326 e. The molecule has 2 rings (SSSR count). The first-order valence-corrected chi connectivity index (χ1v) is 8.18. The lowest BCUT2D eigenvalue weighted by Gasteiger charge is -2.07. The number of nitrogens with one attached hydrogen (secondary N) is 2. The van der Waals surface area contributed by atoms with Gasteiger partial charge in [-0.05, 0) is 25.0 Å². The van der Waals surface area contributed by atoms with E-state index in [1.807, 2.05) is 31.2 Å². The molecule has 0 saturated carbocycles. The molecule has 1 aromatic heterocycles. The Labute approximate surface area is 128 Å². The number of hydrogen-bond acceptors (Lipinski definition) is 3. The Morgan fingerprint density at radius 2 is 2.05 bits per heavy atom. The minimum atomic E-state index is -3.68. The second-order valence-electron chi connectivity index (χ2n) is 4.65. The molecule has 1 heterocycles. The van der Waals surface area contributed by atoms with E-state index in [0.717, 1.165) is 23.4 Å². The third kappa shape index (κ3) is 4.17. The molecule has 0 unspecified atom stereocenters. The van der Waals surface area contributed by atoms with Gasteiger partial charge in [0.25, 0.3) is 5.56 Å². The van der Waals surface area contributed by atoms with Crippen molar-refractivity contribution >= 4 is 21.6 Å². The maximum Gasteiger partial charge on any atom is 0.266 e. The van der Waals surface area contributed by atoms with E-state index in [1.54, 1.807) is 0 Å². The summed E-state index contributed by atoms with van der Waals surface area (Å²) in [5.74, 6) is 0. The molecular weight excluding hydrogens is 312 g/mol. The highest BCUT2D eigenvalue weighted by molar-refractivity contribution is 7.89. The number of rotatable bonds is 5. The van der Waals surface area contributed by atoms with Crippen molar-refractivity contribution in [3.05, 3.63) is 63.0 Å². The molecule has 1 aromatic carbocycles. The zero-order valence-corrected chi connectivity index (χ0v) is 13.0. The number of halogens is 1. The summed E-state index contributed by atoms with van der Waals surface area (Å²) in [6.45, 7) is 2.25. The minimum absolute atomic E-state index is 0.0589. The van der Waals surface area contributed by atoms with E-state index < -0.39 is 15.6 Å². The third-order valence-corrected chi connectivity index (χ3v) is 4.65. The molecule has 0 amide bonds. The first-order chi connectivity index (χ1) is 9.88. The van der Waals surface area contributed by atoms with Crippen molar-refractivity contribution in [1.82, 2.24) is 9.71 Å². The standard InChI is InChI=1S/C14H15ClN2O3S/c1-10-3-2-4-11(7-10)5-6-17-21(19,20)12-8-13(15)14(18)16-9-12/h2-4,7-9,17H,5-6H2,1H3,(H,16,18). The van der Waals surface area contributed by atoms with E-state index in [2.05, 4.69) is 9.71 Å². The molecule has 0 fully saturated rings. The number of sulfonamides is 1. The molecule has 0 aliphatic heterocycles. The lowest BCUT2D eigenvalue weighted by atomic mass is 10.1. The van der Waals surface area contributed by atoms with Crippen LogP contribution < -0.4 is 10.3 Å². The molecular formula is C14H15ClN2O3S. The van der Waals surface area contributed by atoms with Gasteiger partial charge in [0.2, 0.25) is 10.0 Å². The van der Waals surface area contributed by atoms with E-state index >= 15 is 0 Å². The van der Waals surface area contributed by atoms with Gasteiger partial charge in [0, 0.05) is 12.7 Å². The van der Waals surface area contributed by atoms with Gasteiger partial charge in [0.05, 0.1) is 4.90 Å². The smallest absolute Gasteiger partial charge is 0.266 e. The first-order valence-electron chi connectivity index (χ1n) is 6.32. The maximum absolute atomic E-state index is 12.1. The summed E-state index contributed by atoms with van der Waals surface area (Å²) in [7, 11) is -3.68. The summed E-state index contributed by atoms with van der Waals surface area (Å²) in [4.78, 5) is 13.4. The van der Waals surface area contributed by atoms with Gasteiger partial charge in [0.1, 0.15) is 5.02 Å². The van der Waals surface area contributed by atoms with Crippen molar-refractivity contribution in [1.29, 1.82) is 0 Å². The van der Waals surface area contributed by atoms with Crippen molar-refractivity contribution < 1.29 is 8.42 Å². The van der Waals surface area contributed by atoms with Gasteiger partial charge < -0.3 is 4.98 Å². The Morgan fingerprint density at radius 3 is 2.71 bits per heavy atom. The number of pyridine rings is 1. The highest BCUT2D eigenvalue weighted by Gasteiger charge is 2.15. The predicted molar refractivity (Wildman–Crippen MR) is 82.1 cm³/mol. The van der Waals surface area contributed by atoms with Crippen LogP contribution in [0.3, 0.4) is 0 Å². The van der Waals surface area contributed by atoms with Crippen LogP contribution in [0.15, 0.2) is 46.2 Å². The summed E-state index contributed by atoms with van der Waals surface area (Å²) < 4.78 is 26.6. The molecule has 112 valence electrons. The fourth-order valence-electron chi connectivity index (χ4n) is 1.87. The summed E-state index contributed by atoms with van der Waals surface area (Å²) >= 11 is 5.63. The van der Waals surface area contributed by atoms with Crippen LogP contribution in [0.5, 0.6) is 0 Å². The molecule has 2 N–H and O–H groups in total. The molecule has 0 saturated heterocycles. The fraction of sp³-hybridized carbons (Fsp3) is 0.214. The minimum Gasteiger partial charge on any atom is -0.326 e. The normalized spacial score (nSPS) is 11.5. The topological polar surface area (TPSA) is 79.0 Å². The van der Waals surface area contributed by atoms with Gasteiger partial charge in [-0.2, -0.15) is 0 Å². The van der Waals surface area contributed by atoms with Gasteiger partial charge >= 0.3 is 0 Å². The molecule has 5 nitrogen and oxygen atoms in total. The van der Waals surface area contributed by atoms with Crippen LogP contribution in [-0.2, 0) is 16.4 Å². The first kappa shape index (κ1) is 15.8. The van der Waals surface area contributed by atoms with Crippen molar-refractivity contribution in [3.63, 3.8) is 0 Å². The molecule has 0 bridgehead atoms. The number of benzene rings is 1. The van der Waals surface area contributed by atoms with Gasteiger partial charge in [-0.25, -0.2) is 13.1 Å².